The van der Waals surface area contributed by atoms with Crippen molar-refractivity contribution in [3.05, 3.63) is 36.4 Å². The van der Waals surface area contributed by atoms with Gasteiger partial charge in [0.25, 0.3) is 0 Å². The Morgan fingerprint density at radius 3 is 2.29 bits per heavy atom. The molecule has 2 aromatic rings. The lowest BCUT2D eigenvalue weighted by atomic mass is 10.2. The van der Waals surface area contributed by atoms with Gasteiger partial charge in [0, 0.05) is 5.39 Å². The molecule has 0 bridgehead atoms. The fraction of sp³-hybridized carbons (Fsp3) is 0.100. The highest BCUT2D eigenvalue weighted by molar-refractivity contribution is 7.98. The Balaban J connectivity index is 0.000000249. The molecule has 92 valence electrons. The SMILES string of the molecule is CSc1ccc2ccccc2n1.[O-][Cl+3]([O-])([O-])O. The number of benzene rings is 1. The molecule has 5 nitrogen and oxygen atoms in total. The number of halogens is 1. The van der Waals surface area contributed by atoms with Crippen LogP contribution in [0.1, 0.15) is 0 Å². The van der Waals surface area contributed by atoms with Gasteiger partial charge in [-0.05, 0) is 18.4 Å². The molecule has 0 aliphatic rings. The Morgan fingerprint density at radius 1 is 1.12 bits per heavy atom. The number of thioether (sulfide) groups is 1. The van der Waals surface area contributed by atoms with E-state index in [1.165, 1.54) is 5.39 Å². The summed E-state index contributed by atoms with van der Waals surface area (Å²) in [5.41, 5.74) is 1.07. The molecule has 17 heavy (non-hydrogen) atoms. The highest BCUT2D eigenvalue weighted by Crippen LogP contribution is 2.17. The van der Waals surface area contributed by atoms with E-state index in [0.717, 1.165) is 10.5 Å². The largest absolute Gasteiger partial charge is 0.242 e. The van der Waals surface area contributed by atoms with Crippen LogP contribution in [-0.4, -0.2) is 15.9 Å². The predicted octanol–water partition coefficient (Wildman–Crippen LogP) is -1.17. The quantitative estimate of drug-likeness (QED) is 0.658. The molecule has 7 heteroatoms. The molecule has 0 fully saturated rings. The van der Waals surface area contributed by atoms with Crippen LogP contribution in [-0.2, 0) is 0 Å². The van der Waals surface area contributed by atoms with Crippen LogP contribution in [0.4, 0.5) is 0 Å². The number of hydrogen-bond acceptors (Lipinski definition) is 6. The molecule has 2 rings (SSSR count). The third-order valence-corrected chi connectivity index (χ3v) is 2.43. The first kappa shape index (κ1) is 14.2. The smallest absolute Gasteiger partial charge is 0.0964 e. The van der Waals surface area contributed by atoms with Crippen LogP contribution in [0.25, 0.3) is 10.9 Å². The van der Waals surface area contributed by atoms with Crippen molar-refractivity contribution < 1.29 is 28.9 Å². The summed E-state index contributed by atoms with van der Waals surface area (Å²) in [5.74, 6) is 0. The van der Waals surface area contributed by atoms with Gasteiger partial charge in [-0.1, -0.05) is 24.3 Å². The average molecular weight is 276 g/mol. The fourth-order valence-corrected chi connectivity index (χ4v) is 1.55. The molecule has 0 radical (unpaired) electrons. The maximum absolute atomic E-state index is 8.60. The third kappa shape index (κ3) is 5.83. The summed E-state index contributed by atoms with van der Waals surface area (Å²) in [4.78, 5) is 4.46. The van der Waals surface area contributed by atoms with Crippen molar-refractivity contribution in [1.82, 2.24) is 4.98 Å². The minimum atomic E-state index is -4.69. The van der Waals surface area contributed by atoms with E-state index in [4.69, 9.17) is 18.6 Å². The number of para-hydroxylation sites is 1. The maximum Gasteiger partial charge on any atom is 0.0964 e. The van der Waals surface area contributed by atoms with E-state index in [1.807, 2.05) is 30.5 Å². The number of pyridine rings is 1. The molecule has 0 amide bonds. The lowest BCUT2D eigenvalue weighted by Gasteiger charge is -2.03. The molecule has 0 aliphatic carbocycles. The van der Waals surface area contributed by atoms with Gasteiger partial charge in [0.2, 0.25) is 0 Å². The van der Waals surface area contributed by atoms with E-state index >= 15 is 0 Å². The summed E-state index contributed by atoms with van der Waals surface area (Å²) in [6.45, 7) is 0. The Hall–Kier alpha value is -0.890. The van der Waals surface area contributed by atoms with E-state index < -0.39 is 10.2 Å². The molecule has 0 saturated carbocycles. The summed E-state index contributed by atoms with van der Waals surface area (Å²) in [7, 11) is -4.69. The van der Waals surface area contributed by atoms with Crippen molar-refractivity contribution in [3.8, 4) is 0 Å². The topological polar surface area (TPSA) is 102 Å². The monoisotopic (exact) mass is 275 g/mol. The average Bonchev–Trinajstić information content (AvgIpc) is 2.26. The van der Waals surface area contributed by atoms with Gasteiger partial charge < -0.3 is 0 Å². The van der Waals surface area contributed by atoms with E-state index in [1.54, 1.807) is 11.8 Å². The van der Waals surface area contributed by atoms with Crippen LogP contribution in [0.3, 0.4) is 0 Å². The van der Waals surface area contributed by atoms with Gasteiger partial charge in [-0.3, -0.25) is 0 Å². The van der Waals surface area contributed by atoms with Gasteiger partial charge in [0.05, 0.1) is 25.4 Å². The van der Waals surface area contributed by atoms with Crippen LogP contribution < -0.4 is 14.0 Å². The summed E-state index contributed by atoms with van der Waals surface area (Å²) in [6.07, 6.45) is 2.04. The molecule has 1 N–H and O–H groups in total. The highest BCUT2D eigenvalue weighted by Gasteiger charge is 1.98. The van der Waals surface area contributed by atoms with Gasteiger partial charge in [0.15, 0.2) is 0 Å². The Bertz CT molecular complexity index is 483. The first-order valence-corrected chi connectivity index (χ1v) is 6.92. The highest BCUT2D eigenvalue weighted by atomic mass is 35.7. The van der Waals surface area contributed by atoms with Crippen molar-refractivity contribution in [3.63, 3.8) is 0 Å². The van der Waals surface area contributed by atoms with Crippen molar-refractivity contribution >= 4 is 22.7 Å². The number of hydrogen-bond donors (Lipinski definition) is 1. The predicted molar refractivity (Wildman–Crippen MR) is 55.7 cm³/mol. The van der Waals surface area contributed by atoms with Crippen LogP contribution in [0, 0.1) is 10.2 Å². The molecule has 0 atom stereocenters. The molecule has 0 saturated heterocycles. The molecule has 1 aromatic heterocycles. The third-order valence-electron chi connectivity index (χ3n) is 1.78. The van der Waals surface area contributed by atoms with Gasteiger partial charge in [-0.15, -0.1) is 11.8 Å². The molecular weight excluding hydrogens is 266 g/mol. The fourth-order valence-electron chi connectivity index (χ4n) is 1.16. The minimum Gasteiger partial charge on any atom is -0.242 e. The molecule has 1 heterocycles. The Morgan fingerprint density at radius 2 is 1.71 bits per heavy atom. The van der Waals surface area contributed by atoms with Crippen LogP contribution in [0.5, 0.6) is 0 Å². The number of aromatic nitrogens is 1. The Kier molecular flexibility index (Phi) is 5.13. The second-order valence-electron chi connectivity index (χ2n) is 2.94. The molecular formula is C10H10ClNO4S. The normalized spacial score (nSPS) is 10.9. The minimum absolute atomic E-state index is 1.07. The van der Waals surface area contributed by atoms with Gasteiger partial charge in [-0.25, -0.2) is 4.98 Å². The van der Waals surface area contributed by atoms with E-state index in [-0.39, 0.29) is 0 Å². The summed E-state index contributed by atoms with van der Waals surface area (Å²) in [5, 5.41) is 2.28. The van der Waals surface area contributed by atoms with Crippen molar-refractivity contribution in [2.75, 3.05) is 6.26 Å². The standard InChI is InChI=1S/C10H9NS.ClHO4/c1-12-10-7-6-8-4-2-3-5-9(8)11-10;2-1(3,4)5/h2-7H,1H3;(H,2,3,4,5). The molecule has 0 aliphatic heterocycles. The zero-order valence-corrected chi connectivity index (χ0v) is 10.4. The summed E-state index contributed by atoms with van der Waals surface area (Å²) < 4.78 is 32.7. The van der Waals surface area contributed by atoms with Gasteiger partial charge in [0.1, 0.15) is 0 Å². The summed E-state index contributed by atoms with van der Waals surface area (Å²) >= 11 is 1.67. The van der Waals surface area contributed by atoms with Crippen LogP contribution in [0.2, 0.25) is 0 Å². The van der Waals surface area contributed by atoms with Crippen LogP contribution in [0.15, 0.2) is 41.4 Å². The second kappa shape index (κ2) is 6.15. The number of rotatable bonds is 1. The van der Waals surface area contributed by atoms with E-state index in [2.05, 4.69) is 17.1 Å². The molecule has 0 spiro atoms. The van der Waals surface area contributed by atoms with Crippen molar-refractivity contribution in [2.24, 2.45) is 0 Å². The lowest BCUT2D eigenvalue weighted by molar-refractivity contribution is -1.92. The van der Waals surface area contributed by atoms with Crippen molar-refractivity contribution in [1.29, 1.82) is 0 Å². The van der Waals surface area contributed by atoms with Crippen LogP contribution >= 0.6 is 11.8 Å². The first-order chi connectivity index (χ1) is 7.90. The van der Waals surface area contributed by atoms with Crippen molar-refractivity contribution in [2.45, 2.75) is 5.03 Å². The van der Waals surface area contributed by atoms with E-state index in [0.29, 0.717) is 0 Å². The van der Waals surface area contributed by atoms with Gasteiger partial charge in [-0.2, -0.15) is 14.0 Å². The molecule has 1 aromatic carbocycles. The zero-order valence-electron chi connectivity index (χ0n) is 8.87. The maximum atomic E-state index is 8.60. The van der Waals surface area contributed by atoms with Gasteiger partial charge >= 0.3 is 0 Å². The second-order valence-corrected chi connectivity index (χ2v) is 4.56. The number of fused-ring (bicyclic) bond motifs is 1. The summed E-state index contributed by atoms with van der Waals surface area (Å²) in [6, 6.07) is 12.3. The zero-order chi connectivity index (χ0) is 12.9. The van der Waals surface area contributed by atoms with E-state index in [9.17, 15) is 0 Å². The molecule has 0 unspecified atom stereocenters. The lowest BCUT2D eigenvalue weighted by Crippen LogP contribution is -2.58. The Labute approximate surface area is 104 Å². The number of nitrogens with zero attached hydrogens (tertiary/aromatic N) is 1. The first-order valence-electron chi connectivity index (χ1n) is 4.43.